The van der Waals surface area contributed by atoms with Gasteiger partial charge in [-0.05, 0) is 6.42 Å². The summed E-state index contributed by atoms with van der Waals surface area (Å²) in [6.07, 6.45) is 2.62. The first-order valence-electron chi connectivity index (χ1n) is 6.33. The van der Waals surface area contributed by atoms with Crippen LogP contribution in [0.3, 0.4) is 0 Å². The van der Waals surface area contributed by atoms with Gasteiger partial charge in [0.05, 0.1) is 13.7 Å². The van der Waals surface area contributed by atoms with Crippen molar-refractivity contribution in [3.05, 3.63) is 12.2 Å². The van der Waals surface area contributed by atoms with Gasteiger partial charge in [0, 0.05) is 13.6 Å². The fourth-order valence-electron chi connectivity index (χ4n) is 1.47. The van der Waals surface area contributed by atoms with Gasteiger partial charge in [0.2, 0.25) is 11.9 Å². The fourth-order valence-corrected chi connectivity index (χ4v) is 1.47. The molecule has 9 heteroatoms. The normalized spacial score (nSPS) is 10.3. The minimum absolute atomic E-state index is 0.263. The molecule has 2 heterocycles. The molecule has 2 aromatic heterocycles. The SMILES string of the molecule is CCCNc1nc(NCc2nncn2C)nc(OC)n1. The lowest BCUT2D eigenvalue weighted by molar-refractivity contribution is 0.379. The molecule has 0 aliphatic carbocycles. The van der Waals surface area contributed by atoms with E-state index in [1.807, 2.05) is 11.6 Å². The van der Waals surface area contributed by atoms with Crippen LogP contribution in [-0.2, 0) is 13.6 Å². The largest absolute Gasteiger partial charge is 0.467 e. The molecule has 0 unspecified atom stereocenters. The zero-order valence-electron chi connectivity index (χ0n) is 11.8. The molecule has 0 aliphatic rings. The van der Waals surface area contributed by atoms with E-state index in [2.05, 4.69) is 42.7 Å². The number of aryl methyl sites for hydroxylation is 1. The van der Waals surface area contributed by atoms with Crippen LogP contribution in [0.15, 0.2) is 6.33 Å². The third-order valence-electron chi connectivity index (χ3n) is 2.54. The lowest BCUT2D eigenvalue weighted by Crippen LogP contribution is -2.12. The Morgan fingerprint density at radius 1 is 1.20 bits per heavy atom. The molecule has 2 rings (SSSR count). The van der Waals surface area contributed by atoms with Crippen molar-refractivity contribution in [2.45, 2.75) is 19.9 Å². The number of methoxy groups -OCH3 is 1. The fraction of sp³-hybridized carbons (Fsp3) is 0.545. The monoisotopic (exact) mass is 278 g/mol. The van der Waals surface area contributed by atoms with Crippen LogP contribution in [0.4, 0.5) is 11.9 Å². The molecule has 20 heavy (non-hydrogen) atoms. The van der Waals surface area contributed by atoms with Gasteiger partial charge >= 0.3 is 6.01 Å². The number of nitrogens with zero attached hydrogens (tertiary/aromatic N) is 6. The van der Waals surface area contributed by atoms with Crippen molar-refractivity contribution in [3.8, 4) is 6.01 Å². The topological polar surface area (TPSA) is 103 Å². The van der Waals surface area contributed by atoms with Gasteiger partial charge in [0.15, 0.2) is 5.82 Å². The third-order valence-corrected chi connectivity index (χ3v) is 2.54. The van der Waals surface area contributed by atoms with E-state index in [0.717, 1.165) is 18.8 Å². The summed E-state index contributed by atoms with van der Waals surface area (Å²) in [5.74, 6) is 1.70. The molecule has 2 aromatic rings. The van der Waals surface area contributed by atoms with Gasteiger partial charge in [0.1, 0.15) is 6.33 Å². The molecule has 0 saturated heterocycles. The number of aromatic nitrogens is 6. The summed E-state index contributed by atoms with van der Waals surface area (Å²) in [6, 6.07) is 0.263. The lowest BCUT2D eigenvalue weighted by atomic mass is 10.5. The smallest absolute Gasteiger partial charge is 0.322 e. The van der Waals surface area contributed by atoms with Gasteiger partial charge in [-0.25, -0.2) is 0 Å². The molecule has 0 amide bonds. The Bertz CT molecular complexity index is 555. The van der Waals surface area contributed by atoms with Crippen LogP contribution in [0.25, 0.3) is 0 Å². The van der Waals surface area contributed by atoms with Gasteiger partial charge in [-0.1, -0.05) is 6.92 Å². The van der Waals surface area contributed by atoms with Crippen LogP contribution in [0.1, 0.15) is 19.2 Å². The van der Waals surface area contributed by atoms with E-state index in [1.54, 1.807) is 6.33 Å². The second kappa shape index (κ2) is 6.64. The van der Waals surface area contributed by atoms with Crippen LogP contribution >= 0.6 is 0 Å². The van der Waals surface area contributed by atoms with Gasteiger partial charge in [-0.3, -0.25) is 0 Å². The predicted molar refractivity (Wildman–Crippen MR) is 73.5 cm³/mol. The molecule has 0 spiro atoms. The van der Waals surface area contributed by atoms with Crippen molar-refractivity contribution < 1.29 is 4.74 Å². The van der Waals surface area contributed by atoms with Gasteiger partial charge in [-0.2, -0.15) is 15.0 Å². The summed E-state index contributed by atoms with van der Waals surface area (Å²) in [7, 11) is 3.39. The maximum absolute atomic E-state index is 5.06. The van der Waals surface area contributed by atoms with Crippen molar-refractivity contribution in [2.75, 3.05) is 24.3 Å². The third kappa shape index (κ3) is 3.53. The molecule has 0 radical (unpaired) electrons. The van der Waals surface area contributed by atoms with E-state index in [9.17, 15) is 0 Å². The molecule has 0 atom stereocenters. The standard InChI is InChI=1S/C11H18N8O/c1-4-5-12-9-15-10(17-11(16-9)20-3)13-6-8-18-14-7-19(8)2/h7H,4-6H2,1-3H3,(H2,12,13,15,16,17). The lowest BCUT2D eigenvalue weighted by Gasteiger charge is -2.08. The number of nitrogens with one attached hydrogen (secondary N) is 2. The van der Waals surface area contributed by atoms with Crippen molar-refractivity contribution in [2.24, 2.45) is 7.05 Å². The summed E-state index contributed by atoms with van der Waals surface area (Å²) < 4.78 is 6.88. The Labute approximate surface area is 116 Å². The molecular weight excluding hydrogens is 260 g/mol. The molecular formula is C11H18N8O. The van der Waals surface area contributed by atoms with Crippen molar-refractivity contribution in [1.82, 2.24) is 29.7 Å². The molecule has 0 aromatic carbocycles. The quantitative estimate of drug-likeness (QED) is 0.752. The van der Waals surface area contributed by atoms with E-state index < -0.39 is 0 Å². The van der Waals surface area contributed by atoms with Crippen LogP contribution in [0.5, 0.6) is 6.01 Å². The van der Waals surface area contributed by atoms with Crippen LogP contribution in [0.2, 0.25) is 0 Å². The van der Waals surface area contributed by atoms with E-state index >= 15 is 0 Å². The second-order valence-corrected chi connectivity index (χ2v) is 4.11. The minimum Gasteiger partial charge on any atom is -0.467 e. The van der Waals surface area contributed by atoms with E-state index in [0.29, 0.717) is 18.4 Å². The summed E-state index contributed by atoms with van der Waals surface area (Å²) >= 11 is 0. The molecule has 2 N–H and O–H groups in total. The highest BCUT2D eigenvalue weighted by Crippen LogP contribution is 2.11. The minimum atomic E-state index is 0.263. The van der Waals surface area contributed by atoms with Gasteiger partial charge in [-0.15, -0.1) is 10.2 Å². The first-order valence-corrected chi connectivity index (χ1v) is 6.33. The highest BCUT2D eigenvalue weighted by atomic mass is 16.5. The number of rotatable bonds is 7. The Hall–Kier alpha value is -2.45. The van der Waals surface area contributed by atoms with Crippen LogP contribution < -0.4 is 15.4 Å². The zero-order valence-corrected chi connectivity index (χ0v) is 11.8. The summed E-state index contributed by atoms with van der Waals surface area (Å²) in [6.45, 7) is 3.32. The Morgan fingerprint density at radius 2 is 1.95 bits per heavy atom. The number of anilines is 2. The van der Waals surface area contributed by atoms with Crippen LogP contribution in [-0.4, -0.2) is 43.4 Å². The van der Waals surface area contributed by atoms with E-state index in [-0.39, 0.29) is 6.01 Å². The second-order valence-electron chi connectivity index (χ2n) is 4.11. The molecule has 108 valence electrons. The highest BCUT2D eigenvalue weighted by molar-refractivity contribution is 5.35. The van der Waals surface area contributed by atoms with Gasteiger partial charge < -0.3 is 19.9 Å². The van der Waals surface area contributed by atoms with Crippen molar-refractivity contribution >= 4 is 11.9 Å². The number of hydrogen-bond donors (Lipinski definition) is 2. The van der Waals surface area contributed by atoms with E-state index in [4.69, 9.17) is 4.74 Å². The first kappa shape index (κ1) is 14.0. The molecule has 0 fully saturated rings. The van der Waals surface area contributed by atoms with Crippen LogP contribution in [0, 0.1) is 0 Å². The maximum atomic E-state index is 5.06. The van der Waals surface area contributed by atoms with Gasteiger partial charge in [0.25, 0.3) is 0 Å². The molecule has 0 bridgehead atoms. The molecule has 9 nitrogen and oxygen atoms in total. The zero-order chi connectivity index (χ0) is 14.4. The Morgan fingerprint density at radius 3 is 2.55 bits per heavy atom. The highest BCUT2D eigenvalue weighted by Gasteiger charge is 2.07. The molecule has 0 saturated carbocycles. The number of ether oxygens (including phenoxy) is 1. The van der Waals surface area contributed by atoms with E-state index in [1.165, 1.54) is 7.11 Å². The number of hydrogen-bond acceptors (Lipinski definition) is 8. The average Bonchev–Trinajstić information content (AvgIpc) is 2.88. The van der Waals surface area contributed by atoms with Crippen molar-refractivity contribution in [1.29, 1.82) is 0 Å². The average molecular weight is 278 g/mol. The summed E-state index contributed by atoms with van der Waals surface area (Å²) in [4.78, 5) is 12.5. The predicted octanol–water partition coefficient (Wildman–Crippen LogP) is 0.443. The summed E-state index contributed by atoms with van der Waals surface area (Å²) in [5, 5.41) is 14.0. The first-order chi connectivity index (χ1) is 9.72. The Kier molecular flexibility index (Phi) is 4.64. The Balaban J connectivity index is 2.07. The van der Waals surface area contributed by atoms with Crippen molar-refractivity contribution in [3.63, 3.8) is 0 Å². The molecule has 0 aliphatic heterocycles. The summed E-state index contributed by atoms with van der Waals surface area (Å²) in [5.41, 5.74) is 0. The maximum Gasteiger partial charge on any atom is 0.322 e.